The third kappa shape index (κ3) is 10.2. The minimum atomic E-state index is 0.617. The Hall–Kier alpha value is -13.3. The largest absolute Gasteiger partial charge is 0.254 e. The number of pyridine rings is 8. The van der Waals surface area contributed by atoms with Gasteiger partial charge in [0.05, 0.1) is 61.2 Å². The monoisotopic (exact) mass is 1230 g/mol. The smallest absolute Gasteiger partial charge is 0.178 e. The minimum absolute atomic E-state index is 0.617. The van der Waals surface area contributed by atoms with Gasteiger partial charge in [0.2, 0.25) is 0 Å². The molecule has 446 valence electrons. The lowest BCUT2D eigenvalue weighted by Crippen LogP contribution is -1.92. The molecule has 10 heterocycles. The van der Waals surface area contributed by atoms with Crippen molar-refractivity contribution in [2.75, 3.05) is 0 Å². The molecule has 0 bridgehead atoms. The number of hydrogen-bond acceptors (Lipinski definition) is 12. The molecule has 12 nitrogen and oxygen atoms in total. The van der Waals surface area contributed by atoms with Gasteiger partial charge < -0.3 is 0 Å². The second-order valence-electron chi connectivity index (χ2n) is 23.7. The van der Waals surface area contributed by atoms with E-state index in [9.17, 15) is 0 Å². The van der Waals surface area contributed by atoms with Crippen LogP contribution in [0.2, 0.25) is 0 Å². The van der Waals surface area contributed by atoms with Crippen LogP contribution in [0.25, 0.3) is 188 Å². The van der Waals surface area contributed by atoms with E-state index in [1.54, 1.807) is 30.9 Å². The van der Waals surface area contributed by atoms with Gasteiger partial charge in [0.25, 0.3) is 0 Å². The van der Waals surface area contributed by atoms with E-state index < -0.39 is 0 Å². The highest BCUT2D eigenvalue weighted by atomic mass is 14.9. The van der Waals surface area contributed by atoms with Crippen LogP contribution in [0.5, 0.6) is 0 Å². The average molecular weight is 1230 g/mol. The molecular formula is C84H50N12. The Morgan fingerprint density at radius 1 is 0.177 bits per heavy atom. The second-order valence-corrected chi connectivity index (χ2v) is 23.7. The van der Waals surface area contributed by atoms with E-state index in [1.165, 1.54) is 0 Å². The molecule has 0 saturated carbocycles. The van der Waals surface area contributed by atoms with Crippen molar-refractivity contribution in [1.29, 1.82) is 0 Å². The summed E-state index contributed by atoms with van der Waals surface area (Å²) in [6.07, 6.45) is 12.4. The van der Waals surface area contributed by atoms with Crippen LogP contribution in [0.15, 0.2) is 304 Å². The highest BCUT2D eigenvalue weighted by molar-refractivity contribution is 6.11. The van der Waals surface area contributed by atoms with E-state index in [4.69, 9.17) is 24.9 Å². The zero-order valence-corrected chi connectivity index (χ0v) is 51.2. The van der Waals surface area contributed by atoms with Crippen LogP contribution in [0.3, 0.4) is 0 Å². The van der Waals surface area contributed by atoms with Crippen molar-refractivity contribution in [3.63, 3.8) is 0 Å². The number of rotatable bonds is 8. The molecule has 12 heteroatoms. The predicted octanol–water partition coefficient (Wildman–Crippen LogP) is 19.8. The normalized spacial score (nSPS) is 11.5. The summed E-state index contributed by atoms with van der Waals surface area (Å²) >= 11 is 0. The third-order valence-electron chi connectivity index (χ3n) is 17.9. The van der Waals surface area contributed by atoms with E-state index in [0.29, 0.717) is 11.6 Å². The summed E-state index contributed by atoms with van der Waals surface area (Å²) in [5, 5.41) is 10.9. The van der Waals surface area contributed by atoms with Gasteiger partial charge >= 0.3 is 0 Å². The molecule has 0 amide bonds. The lowest BCUT2D eigenvalue weighted by molar-refractivity contribution is 1.15. The molecule has 0 unspecified atom stereocenters. The lowest BCUT2D eigenvalue weighted by Gasteiger charge is -2.13. The van der Waals surface area contributed by atoms with Crippen LogP contribution in [0.1, 0.15) is 0 Å². The van der Waals surface area contributed by atoms with Gasteiger partial charge in [0, 0.05) is 103 Å². The number of benzene rings is 9. The van der Waals surface area contributed by atoms with Gasteiger partial charge in [-0.05, 0) is 147 Å². The summed E-state index contributed by atoms with van der Waals surface area (Å²) in [5.74, 6) is 1.24. The van der Waals surface area contributed by atoms with Crippen molar-refractivity contribution in [1.82, 2.24) is 59.8 Å². The average Bonchev–Trinajstić information content (AvgIpc) is 0.791. The molecule has 19 aromatic rings. The molecular weight excluding hydrogens is 1180 g/mol. The highest BCUT2D eigenvalue weighted by Crippen LogP contribution is 2.39. The molecule has 19 rings (SSSR count). The predicted molar refractivity (Wildman–Crippen MR) is 387 cm³/mol. The summed E-state index contributed by atoms with van der Waals surface area (Å²) in [7, 11) is 0. The maximum atomic E-state index is 5.15. The van der Waals surface area contributed by atoms with E-state index in [0.717, 1.165) is 177 Å². The van der Waals surface area contributed by atoms with Crippen LogP contribution in [0, 0.1) is 0 Å². The van der Waals surface area contributed by atoms with E-state index in [1.807, 2.05) is 55.0 Å². The minimum Gasteiger partial charge on any atom is -0.254 e. The lowest BCUT2D eigenvalue weighted by atomic mass is 9.95. The zero-order valence-electron chi connectivity index (χ0n) is 51.2. The summed E-state index contributed by atoms with van der Waals surface area (Å²) in [6.45, 7) is 0. The molecule has 0 N–H and O–H groups in total. The summed E-state index contributed by atoms with van der Waals surface area (Å²) in [5.41, 5.74) is 21.6. The third-order valence-corrected chi connectivity index (χ3v) is 17.9. The fraction of sp³-hybridized carbons (Fsp3) is 0. The standard InChI is InChI=1S/C44H26N6.C40H24N6/c1-2-7-34-33(6-1)35(16-17-36(34)39-19-13-29-10-9-28-5-3-22-45-42(28)43(29)50-39)38-20-15-32-25-30(14-18-37(32)48-38)31-11-8-27-12-21-40(49-41(27)26-31)44-46-23-4-24-47-44;1-4-31-23-33(32-5-2-19-42-39(32)38(31)41-18-1)25-6-8-26(9-7-25)34-16-14-30-22-28(13-15-35(30)45-34)29-11-10-27-12-17-36(46-37(27)24-29)40-43-20-3-21-44-40/h1-26H;1-24H. The van der Waals surface area contributed by atoms with Gasteiger partial charge in [-0.3, -0.25) is 15.0 Å². The van der Waals surface area contributed by atoms with Gasteiger partial charge in [-0.1, -0.05) is 158 Å². The molecule has 0 atom stereocenters. The molecule has 0 fully saturated rings. The Bertz CT molecular complexity index is 6290. The maximum absolute atomic E-state index is 5.15. The molecule has 96 heavy (non-hydrogen) atoms. The first-order valence-corrected chi connectivity index (χ1v) is 31.6. The van der Waals surface area contributed by atoms with Gasteiger partial charge in [-0.25, -0.2) is 44.9 Å². The summed E-state index contributed by atoms with van der Waals surface area (Å²) in [4.78, 5) is 56.4. The number of fused-ring (bicyclic) bond motifs is 11. The summed E-state index contributed by atoms with van der Waals surface area (Å²) < 4.78 is 0. The van der Waals surface area contributed by atoms with E-state index in [2.05, 4.69) is 253 Å². The molecule has 0 radical (unpaired) electrons. The van der Waals surface area contributed by atoms with Crippen LogP contribution < -0.4 is 0 Å². The Labute approximate surface area is 549 Å². The molecule has 10 aromatic heterocycles. The molecule has 0 aliphatic rings. The Kier molecular flexibility index (Phi) is 13.5. The molecule has 0 saturated heterocycles. The highest BCUT2D eigenvalue weighted by Gasteiger charge is 2.17. The fourth-order valence-corrected chi connectivity index (χ4v) is 13.1. The first kappa shape index (κ1) is 55.5. The zero-order chi connectivity index (χ0) is 63.5. The number of hydrogen-bond donors (Lipinski definition) is 0. The number of aromatic nitrogens is 12. The van der Waals surface area contributed by atoms with Crippen molar-refractivity contribution in [2.24, 2.45) is 0 Å². The number of nitrogens with zero attached hydrogens (tertiary/aromatic N) is 12. The van der Waals surface area contributed by atoms with Crippen molar-refractivity contribution in [3.8, 4) is 90.2 Å². The van der Waals surface area contributed by atoms with E-state index >= 15 is 0 Å². The van der Waals surface area contributed by atoms with Gasteiger partial charge in [-0.2, -0.15) is 0 Å². The first-order chi connectivity index (χ1) is 47.5. The fourth-order valence-electron chi connectivity index (χ4n) is 13.1. The first-order valence-electron chi connectivity index (χ1n) is 31.6. The van der Waals surface area contributed by atoms with Gasteiger partial charge in [-0.15, -0.1) is 0 Å². The maximum Gasteiger partial charge on any atom is 0.178 e. The summed E-state index contributed by atoms with van der Waals surface area (Å²) in [6, 6.07) is 90.1. The molecule has 9 aromatic carbocycles. The van der Waals surface area contributed by atoms with Gasteiger partial charge in [0.1, 0.15) is 11.4 Å². The molecule has 0 aliphatic carbocycles. The molecule has 0 spiro atoms. The van der Waals surface area contributed by atoms with Crippen LogP contribution in [0.4, 0.5) is 0 Å². The van der Waals surface area contributed by atoms with Crippen LogP contribution >= 0.6 is 0 Å². The van der Waals surface area contributed by atoms with Crippen LogP contribution in [-0.2, 0) is 0 Å². The van der Waals surface area contributed by atoms with Gasteiger partial charge in [0.15, 0.2) is 11.6 Å². The quantitative estimate of drug-likeness (QED) is 0.133. The second kappa shape index (κ2) is 23.4. The molecule has 0 aliphatic heterocycles. The van der Waals surface area contributed by atoms with Crippen molar-refractivity contribution < 1.29 is 0 Å². The Balaban J connectivity index is 0.000000141. The Morgan fingerprint density at radius 2 is 0.573 bits per heavy atom. The topological polar surface area (TPSA) is 155 Å². The SMILES string of the molecule is c1cnc(-c2ccc3ccc(-c4ccc5nc(-c6ccc(-c7cc8cccnc8c8ncccc78)cc6)ccc5c4)cc3n2)nc1.c1cnc(-c2ccc3ccc(-c4ccc5nc(-c6ccc(-c7ccc8ccc9cccnc9c8n7)c7ccccc67)ccc5c4)cc3n2)nc1. The van der Waals surface area contributed by atoms with Crippen LogP contribution in [-0.4, -0.2) is 59.8 Å². The van der Waals surface area contributed by atoms with Crippen molar-refractivity contribution in [2.45, 2.75) is 0 Å². The van der Waals surface area contributed by atoms with Crippen molar-refractivity contribution >= 4 is 98.0 Å². The van der Waals surface area contributed by atoms with E-state index in [-0.39, 0.29) is 0 Å². The van der Waals surface area contributed by atoms with Crippen molar-refractivity contribution in [3.05, 3.63) is 304 Å². The Morgan fingerprint density at radius 3 is 1.18 bits per heavy atom.